The average Bonchev–Trinajstić information content (AvgIpc) is 2.56. The topological polar surface area (TPSA) is 43.8 Å². The molecular formula is C12H19N3S. The molecular weight excluding hydrogens is 218 g/mol. The summed E-state index contributed by atoms with van der Waals surface area (Å²) in [6.07, 6.45) is 10.3. The molecule has 16 heavy (non-hydrogen) atoms. The fourth-order valence-corrected chi connectivity index (χ4v) is 2.03. The highest BCUT2D eigenvalue weighted by Crippen LogP contribution is 2.17. The number of hydrogen-bond acceptors (Lipinski definition) is 3. The van der Waals surface area contributed by atoms with Crippen LogP contribution in [-0.2, 0) is 19.4 Å². The van der Waals surface area contributed by atoms with Gasteiger partial charge in [0.1, 0.15) is 11.6 Å². The zero-order valence-electron chi connectivity index (χ0n) is 9.99. The minimum absolute atomic E-state index is 0.521. The first kappa shape index (κ1) is 13.0. The number of hydrogen-bond donors (Lipinski definition) is 1. The summed E-state index contributed by atoms with van der Waals surface area (Å²) in [5.41, 5.74) is 7.05. The molecule has 0 radical (unpaired) electrons. The third-order valence-corrected chi connectivity index (χ3v) is 3.04. The second kappa shape index (κ2) is 6.49. The number of anilines is 1. The smallest absolute Gasteiger partial charge is 0.127 e. The van der Waals surface area contributed by atoms with E-state index in [1.807, 2.05) is 4.57 Å². The van der Waals surface area contributed by atoms with Crippen molar-refractivity contribution in [2.75, 3.05) is 17.7 Å². The Kier molecular flexibility index (Phi) is 5.27. The summed E-state index contributed by atoms with van der Waals surface area (Å²) in [7, 11) is 0. The molecule has 2 N–H and O–H groups in total. The molecule has 0 aromatic carbocycles. The number of terminal acetylenes is 1. The number of imidazole rings is 1. The van der Waals surface area contributed by atoms with Gasteiger partial charge in [0.25, 0.3) is 0 Å². The molecule has 1 rings (SSSR count). The van der Waals surface area contributed by atoms with E-state index >= 15 is 0 Å². The van der Waals surface area contributed by atoms with E-state index in [-0.39, 0.29) is 0 Å². The number of thioether (sulfide) groups is 1. The van der Waals surface area contributed by atoms with Crippen LogP contribution in [0.15, 0.2) is 0 Å². The molecule has 1 aromatic heterocycles. The van der Waals surface area contributed by atoms with Crippen LogP contribution in [0.5, 0.6) is 0 Å². The van der Waals surface area contributed by atoms with Crippen LogP contribution in [0.3, 0.4) is 0 Å². The van der Waals surface area contributed by atoms with Crippen LogP contribution in [0, 0.1) is 12.3 Å². The monoisotopic (exact) mass is 237 g/mol. The zero-order valence-corrected chi connectivity index (χ0v) is 10.8. The van der Waals surface area contributed by atoms with E-state index in [0.717, 1.165) is 42.4 Å². The summed E-state index contributed by atoms with van der Waals surface area (Å²) in [6.45, 7) is 2.65. The number of aromatic nitrogens is 2. The minimum atomic E-state index is 0.521. The van der Waals surface area contributed by atoms with E-state index in [0.29, 0.717) is 6.54 Å². The minimum Gasteiger partial charge on any atom is -0.384 e. The van der Waals surface area contributed by atoms with Gasteiger partial charge in [0.2, 0.25) is 0 Å². The number of nitrogens with zero attached hydrogens (tertiary/aromatic N) is 2. The Balaban J connectivity index is 2.94. The number of nitrogen functional groups attached to an aromatic ring is 1. The Morgan fingerprint density at radius 1 is 1.50 bits per heavy atom. The van der Waals surface area contributed by atoms with Crippen molar-refractivity contribution >= 4 is 17.6 Å². The maximum atomic E-state index is 6.06. The molecule has 0 unspecified atom stereocenters. The summed E-state index contributed by atoms with van der Waals surface area (Å²) in [4.78, 5) is 4.58. The van der Waals surface area contributed by atoms with Gasteiger partial charge < -0.3 is 10.3 Å². The molecule has 0 aliphatic carbocycles. The van der Waals surface area contributed by atoms with Crippen molar-refractivity contribution in [3.63, 3.8) is 0 Å². The van der Waals surface area contributed by atoms with Crippen molar-refractivity contribution in [1.82, 2.24) is 9.55 Å². The predicted octanol–water partition coefficient (Wildman–Crippen LogP) is 1.96. The van der Waals surface area contributed by atoms with Crippen molar-refractivity contribution in [1.29, 1.82) is 0 Å². The predicted molar refractivity (Wildman–Crippen MR) is 71.6 cm³/mol. The quantitative estimate of drug-likeness (QED) is 0.769. The second-order valence-electron chi connectivity index (χ2n) is 3.64. The van der Waals surface area contributed by atoms with E-state index in [1.54, 1.807) is 11.8 Å². The zero-order chi connectivity index (χ0) is 12.0. The maximum Gasteiger partial charge on any atom is 0.127 e. The molecule has 0 saturated carbocycles. The highest BCUT2D eigenvalue weighted by molar-refractivity contribution is 7.98. The Morgan fingerprint density at radius 3 is 2.81 bits per heavy atom. The molecule has 0 saturated heterocycles. The summed E-state index contributed by atoms with van der Waals surface area (Å²) in [6, 6.07) is 0. The summed E-state index contributed by atoms with van der Waals surface area (Å²) in [5, 5.41) is 0. The molecule has 0 fully saturated rings. The summed E-state index contributed by atoms with van der Waals surface area (Å²) < 4.78 is 1.96. The molecule has 0 amide bonds. The van der Waals surface area contributed by atoms with Gasteiger partial charge in [-0.2, -0.15) is 11.8 Å². The number of aryl methyl sites for hydroxylation is 2. The van der Waals surface area contributed by atoms with E-state index in [4.69, 9.17) is 12.2 Å². The summed E-state index contributed by atoms with van der Waals surface area (Å²) in [5.74, 6) is 5.44. The van der Waals surface area contributed by atoms with Gasteiger partial charge >= 0.3 is 0 Å². The van der Waals surface area contributed by atoms with Crippen LogP contribution in [0.2, 0.25) is 0 Å². The molecule has 0 bridgehead atoms. The van der Waals surface area contributed by atoms with Gasteiger partial charge in [-0.25, -0.2) is 4.98 Å². The Morgan fingerprint density at radius 2 is 2.25 bits per heavy atom. The van der Waals surface area contributed by atoms with Crippen molar-refractivity contribution in [2.45, 2.75) is 32.7 Å². The van der Waals surface area contributed by atoms with Crippen LogP contribution in [0.25, 0.3) is 0 Å². The van der Waals surface area contributed by atoms with Crippen LogP contribution < -0.4 is 5.73 Å². The van der Waals surface area contributed by atoms with Crippen LogP contribution in [0.1, 0.15) is 24.9 Å². The third-order valence-electron chi connectivity index (χ3n) is 2.43. The van der Waals surface area contributed by atoms with Gasteiger partial charge in [0, 0.05) is 12.8 Å². The lowest BCUT2D eigenvalue weighted by Gasteiger charge is -2.04. The van der Waals surface area contributed by atoms with E-state index in [1.165, 1.54) is 0 Å². The third kappa shape index (κ3) is 2.96. The highest BCUT2D eigenvalue weighted by Gasteiger charge is 2.12. The molecule has 0 aliphatic rings. The van der Waals surface area contributed by atoms with Crippen LogP contribution >= 0.6 is 11.8 Å². The Bertz CT molecular complexity index is 376. The van der Waals surface area contributed by atoms with E-state index in [9.17, 15) is 0 Å². The normalized spacial score (nSPS) is 10.3. The van der Waals surface area contributed by atoms with Crippen molar-refractivity contribution in [2.24, 2.45) is 0 Å². The Labute approximate surface area is 102 Å². The fourth-order valence-electron chi connectivity index (χ4n) is 1.63. The first-order valence-corrected chi connectivity index (χ1v) is 6.90. The average molecular weight is 237 g/mol. The lowest BCUT2D eigenvalue weighted by atomic mass is 10.3. The maximum absolute atomic E-state index is 6.06. The van der Waals surface area contributed by atoms with Crippen molar-refractivity contribution < 1.29 is 0 Å². The van der Waals surface area contributed by atoms with Gasteiger partial charge in [-0.3, -0.25) is 0 Å². The molecule has 88 valence electrons. The Hall–Kier alpha value is -1.08. The molecule has 0 aliphatic heterocycles. The second-order valence-corrected chi connectivity index (χ2v) is 4.63. The largest absolute Gasteiger partial charge is 0.384 e. The molecule has 0 atom stereocenters. The number of nitrogens with two attached hydrogens (primary N) is 1. The SMILES string of the molecule is C#CCn1c(CCC)nc(CCSC)c1N. The standard InChI is InChI=1S/C12H19N3S/c1-4-6-11-14-10(7-9-16-3)12(13)15(11)8-5-2/h2H,4,6-9,13H2,1,3H3. The van der Waals surface area contributed by atoms with Crippen molar-refractivity contribution in [3.05, 3.63) is 11.5 Å². The number of rotatable bonds is 6. The van der Waals surface area contributed by atoms with Gasteiger partial charge in [-0.15, -0.1) is 6.42 Å². The van der Waals surface area contributed by atoms with Crippen molar-refractivity contribution in [3.8, 4) is 12.3 Å². The molecule has 0 spiro atoms. The molecule has 4 heteroatoms. The van der Waals surface area contributed by atoms with Gasteiger partial charge in [0.05, 0.1) is 12.2 Å². The highest BCUT2D eigenvalue weighted by atomic mass is 32.2. The summed E-state index contributed by atoms with van der Waals surface area (Å²) >= 11 is 1.80. The lowest BCUT2D eigenvalue weighted by molar-refractivity contribution is 0.732. The van der Waals surface area contributed by atoms with E-state index < -0.39 is 0 Å². The van der Waals surface area contributed by atoms with Crippen LogP contribution in [-0.4, -0.2) is 21.6 Å². The molecule has 1 heterocycles. The van der Waals surface area contributed by atoms with Gasteiger partial charge in [-0.05, 0) is 18.4 Å². The van der Waals surface area contributed by atoms with E-state index in [2.05, 4.69) is 24.1 Å². The first-order valence-electron chi connectivity index (χ1n) is 5.50. The van der Waals surface area contributed by atoms with Gasteiger partial charge in [0.15, 0.2) is 0 Å². The van der Waals surface area contributed by atoms with Gasteiger partial charge in [-0.1, -0.05) is 12.8 Å². The first-order chi connectivity index (χ1) is 7.74. The molecule has 1 aromatic rings. The molecule has 3 nitrogen and oxygen atoms in total. The van der Waals surface area contributed by atoms with Crippen LogP contribution in [0.4, 0.5) is 5.82 Å². The lowest BCUT2D eigenvalue weighted by Crippen LogP contribution is -2.06. The fraction of sp³-hybridized carbons (Fsp3) is 0.583.